The number of nitrogens with zero attached hydrogens (tertiary/aromatic N) is 2. The quantitative estimate of drug-likeness (QED) is 0.513. The Balaban J connectivity index is 1.47. The second-order valence-corrected chi connectivity index (χ2v) is 10.1. The van der Waals surface area contributed by atoms with Crippen LogP contribution in [-0.2, 0) is 16.0 Å². The van der Waals surface area contributed by atoms with Crippen molar-refractivity contribution in [2.24, 2.45) is 0 Å². The fraction of sp³-hybridized carbons (Fsp3) is 0.355. The van der Waals surface area contributed by atoms with Crippen molar-refractivity contribution in [1.29, 1.82) is 0 Å². The summed E-state index contributed by atoms with van der Waals surface area (Å²) in [6, 6.07) is 23.0. The molecular weight excluding hydrogens is 464 g/mol. The molecule has 0 aromatic heterocycles. The van der Waals surface area contributed by atoms with Gasteiger partial charge in [0.25, 0.3) is 0 Å². The Morgan fingerprint density at radius 1 is 0.919 bits per heavy atom. The fourth-order valence-corrected chi connectivity index (χ4v) is 6.68. The van der Waals surface area contributed by atoms with E-state index in [0.29, 0.717) is 13.0 Å². The third-order valence-corrected chi connectivity index (χ3v) is 8.28. The van der Waals surface area contributed by atoms with E-state index in [0.717, 1.165) is 53.0 Å². The predicted molar refractivity (Wildman–Crippen MR) is 141 cm³/mol. The summed E-state index contributed by atoms with van der Waals surface area (Å²) in [5.41, 5.74) is 4.03. The number of piperidine rings is 1. The lowest BCUT2D eigenvalue weighted by Gasteiger charge is -2.56. The molecule has 0 N–H and O–H groups in total. The molecule has 6 nitrogen and oxygen atoms in total. The van der Waals surface area contributed by atoms with E-state index in [1.165, 1.54) is 0 Å². The van der Waals surface area contributed by atoms with Gasteiger partial charge in [-0.25, -0.2) is 0 Å². The second-order valence-electron chi connectivity index (χ2n) is 10.1. The lowest BCUT2D eigenvalue weighted by Crippen LogP contribution is -2.67. The maximum absolute atomic E-state index is 14.6. The Bertz CT molecular complexity index is 1250. The van der Waals surface area contributed by atoms with Crippen LogP contribution in [-0.4, -0.2) is 54.5 Å². The van der Waals surface area contributed by atoms with Gasteiger partial charge in [0.2, 0.25) is 11.8 Å². The van der Waals surface area contributed by atoms with Crippen LogP contribution >= 0.6 is 0 Å². The van der Waals surface area contributed by atoms with Gasteiger partial charge in [-0.05, 0) is 48.4 Å². The van der Waals surface area contributed by atoms with Crippen LogP contribution in [0.4, 0.5) is 0 Å². The van der Waals surface area contributed by atoms with Gasteiger partial charge in [-0.1, -0.05) is 60.7 Å². The first-order valence-electron chi connectivity index (χ1n) is 13.1. The van der Waals surface area contributed by atoms with E-state index in [-0.39, 0.29) is 23.9 Å². The fourth-order valence-electron chi connectivity index (χ4n) is 6.68. The number of hydrogen-bond donors (Lipinski definition) is 0. The number of piperazine rings is 1. The first-order chi connectivity index (χ1) is 18.1. The number of methoxy groups -OCH3 is 2. The number of ether oxygens (including phenoxy) is 2. The lowest BCUT2D eigenvalue weighted by atomic mass is 9.77. The van der Waals surface area contributed by atoms with Gasteiger partial charge in [0.05, 0.1) is 32.2 Å². The van der Waals surface area contributed by atoms with Crippen LogP contribution in [0.15, 0.2) is 72.8 Å². The summed E-state index contributed by atoms with van der Waals surface area (Å²) in [4.78, 5) is 32.5. The molecule has 2 amide bonds. The molecule has 6 rings (SSSR count). The highest BCUT2D eigenvalue weighted by Crippen LogP contribution is 2.49. The third kappa shape index (κ3) is 3.86. The van der Waals surface area contributed by atoms with Gasteiger partial charge in [0.1, 0.15) is 17.5 Å². The number of hydrogen-bond acceptors (Lipinski definition) is 4. The van der Waals surface area contributed by atoms with E-state index in [2.05, 4.69) is 6.07 Å². The molecule has 190 valence electrons. The molecule has 6 heteroatoms. The summed E-state index contributed by atoms with van der Waals surface area (Å²) in [5, 5.41) is 0. The van der Waals surface area contributed by atoms with E-state index in [9.17, 15) is 9.59 Å². The lowest BCUT2D eigenvalue weighted by molar-refractivity contribution is -0.167. The summed E-state index contributed by atoms with van der Waals surface area (Å²) in [5.74, 6) is 1.05. The SMILES string of the molecule is COc1cc2c(c(OC)c1)C1C3CCCC(C(=O)N1CC2)N3C(=O)C(c1ccccc1)c1ccccc1. The van der Waals surface area contributed by atoms with Crippen LogP contribution in [0.5, 0.6) is 11.5 Å². The van der Waals surface area contributed by atoms with Crippen molar-refractivity contribution < 1.29 is 19.1 Å². The molecule has 37 heavy (non-hydrogen) atoms. The summed E-state index contributed by atoms with van der Waals surface area (Å²) in [6.45, 7) is 0.642. The standard InChI is InChI=1S/C31H32N2O4/c1-36-23-18-22-16-17-32-29(28(22)26(19-23)37-2)24-14-9-15-25(30(32)34)33(24)31(35)27(20-10-5-3-6-11-20)21-12-7-4-8-13-21/h3-8,10-13,18-19,24-25,27,29H,9,14-17H2,1-2H3. The van der Waals surface area contributed by atoms with Crippen molar-refractivity contribution in [3.63, 3.8) is 0 Å². The van der Waals surface area contributed by atoms with E-state index in [1.54, 1.807) is 14.2 Å². The van der Waals surface area contributed by atoms with Crippen LogP contribution in [0.2, 0.25) is 0 Å². The Hall–Kier alpha value is -3.80. The van der Waals surface area contributed by atoms with Crippen molar-refractivity contribution in [3.05, 3.63) is 95.1 Å². The second kappa shape index (κ2) is 9.58. The van der Waals surface area contributed by atoms with E-state index >= 15 is 0 Å². The largest absolute Gasteiger partial charge is 0.497 e. The number of rotatable bonds is 5. The molecule has 3 unspecified atom stereocenters. The summed E-state index contributed by atoms with van der Waals surface area (Å²) >= 11 is 0. The highest BCUT2D eigenvalue weighted by Gasteiger charge is 2.54. The Morgan fingerprint density at radius 2 is 1.59 bits per heavy atom. The first-order valence-corrected chi connectivity index (χ1v) is 13.1. The number of carbonyl (C=O) groups excluding carboxylic acids is 2. The molecule has 3 atom stereocenters. The summed E-state index contributed by atoms with van der Waals surface area (Å²) in [7, 11) is 3.31. The topological polar surface area (TPSA) is 59.1 Å². The number of fused-ring (bicyclic) bond motifs is 6. The minimum Gasteiger partial charge on any atom is -0.497 e. The molecule has 0 radical (unpaired) electrons. The smallest absolute Gasteiger partial charge is 0.245 e. The zero-order valence-electron chi connectivity index (χ0n) is 21.3. The van der Waals surface area contributed by atoms with Crippen LogP contribution in [0, 0.1) is 0 Å². The minimum atomic E-state index is -0.467. The van der Waals surface area contributed by atoms with Gasteiger partial charge in [-0.2, -0.15) is 0 Å². The Kier molecular flexibility index (Phi) is 6.11. The van der Waals surface area contributed by atoms with Gasteiger partial charge in [-0.3, -0.25) is 9.59 Å². The predicted octanol–water partition coefficient (Wildman–Crippen LogP) is 4.73. The van der Waals surface area contributed by atoms with Crippen LogP contribution in [0.25, 0.3) is 0 Å². The molecule has 3 aromatic rings. The van der Waals surface area contributed by atoms with Crippen LogP contribution in [0.1, 0.15) is 53.5 Å². The van der Waals surface area contributed by atoms with Crippen molar-refractivity contribution in [3.8, 4) is 11.5 Å². The van der Waals surface area contributed by atoms with Crippen molar-refractivity contribution in [2.75, 3.05) is 20.8 Å². The first kappa shape index (κ1) is 23.6. The van der Waals surface area contributed by atoms with Gasteiger partial charge in [0, 0.05) is 18.2 Å². The third-order valence-electron chi connectivity index (χ3n) is 8.28. The Morgan fingerprint density at radius 3 is 2.22 bits per heavy atom. The van der Waals surface area contributed by atoms with Crippen LogP contribution in [0.3, 0.4) is 0 Å². The maximum Gasteiger partial charge on any atom is 0.245 e. The average molecular weight is 497 g/mol. The van der Waals surface area contributed by atoms with Gasteiger partial charge >= 0.3 is 0 Å². The minimum absolute atomic E-state index is 0.000276. The zero-order chi connectivity index (χ0) is 25.5. The molecule has 3 heterocycles. The summed E-state index contributed by atoms with van der Waals surface area (Å²) in [6.07, 6.45) is 3.22. The Labute approximate surface area is 217 Å². The van der Waals surface area contributed by atoms with Crippen LogP contribution < -0.4 is 9.47 Å². The number of benzene rings is 3. The van der Waals surface area contributed by atoms with E-state index in [4.69, 9.17) is 9.47 Å². The normalized spacial score (nSPS) is 22.4. The molecule has 0 saturated carbocycles. The highest BCUT2D eigenvalue weighted by molar-refractivity contribution is 5.94. The van der Waals surface area contributed by atoms with Gasteiger partial charge in [0.15, 0.2) is 0 Å². The molecule has 2 fully saturated rings. The number of carbonyl (C=O) groups is 2. The molecule has 3 aromatic carbocycles. The van der Waals surface area contributed by atoms with Crippen molar-refractivity contribution in [1.82, 2.24) is 9.80 Å². The molecule has 3 aliphatic heterocycles. The molecule has 0 aliphatic carbocycles. The average Bonchev–Trinajstić information content (AvgIpc) is 2.95. The number of amides is 2. The molecule has 2 saturated heterocycles. The molecule has 3 aliphatic rings. The maximum atomic E-state index is 14.6. The zero-order valence-corrected chi connectivity index (χ0v) is 21.3. The summed E-state index contributed by atoms with van der Waals surface area (Å²) < 4.78 is 11.4. The highest BCUT2D eigenvalue weighted by atomic mass is 16.5. The van der Waals surface area contributed by atoms with Gasteiger partial charge < -0.3 is 19.3 Å². The molecule has 0 spiro atoms. The molecular formula is C31H32N2O4. The molecule has 2 bridgehead atoms. The monoisotopic (exact) mass is 496 g/mol. The van der Waals surface area contributed by atoms with Gasteiger partial charge in [-0.15, -0.1) is 0 Å². The van der Waals surface area contributed by atoms with E-state index in [1.807, 2.05) is 76.5 Å². The van der Waals surface area contributed by atoms with Crippen molar-refractivity contribution in [2.45, 2.75) is 49.7 Å². The van der Waals surface area contributed by atoms with E-state index < -0.39 is 12.0 Å². The van der Waals surface area contributed by atoms with Crippen molar-refractivity contribution >= 4 is 11.8 Å².